The lowest BCUT2D eigenvalue weighted by molar-refractivity contribution is 0.0845. The van der Waals surface area contributed by atoms with Crippen LogP contribution in [0.1, 0.15) is 53.2 Å². The summed E-state index contributed by atoms with van der Waals surface area (Å²) in [5.74, 6) is 0.486. The molecule has 146 valence electrons. The lowest BCUT2D eigenvalue weighted by Crippen LogP contribution is -2.47. The van der Waals surface area contributed by atoms with Gasteiger partial charge in [-0.05, 0) is 57.0 Å². The molecule has 3 atom stereocenters. The molecule has 1 aliphatic rings. The highest BCUT2D eigenvalue weighted by molar-refractivity contribution is 5.95. The minimum Gasteiger partial charge on any atom is -0.349 e. The summed E-state index contributed by atoms with van der Waals surface area (Å²) in [5.41, 5.74) is 3.15. The number of halogens is 1. The Labute approximate surface area is 169 Å². The van der Waals surface area contributed by atoms with Crippen molar-refractivity contribution >= 4 is 18.3 Å². The number of nitrogens with one attached hydrogen (secondary N) is 1. The van der Waals surface area contributed by atoms with E-state index in [4.69, 9.17) is 0 Å². The van der Waals surface area contributed by atoms with Gasteiger partial charge in [-0.1, -0.05) is 61.4 Å². The Kier molecular flexibility index (Phi) is 7.88. The van der Waals surface area contributed by atoms with E-state index in [1.54, 1.807) is 0 Å². The highest BCUT2D eigenvalue weighted by Crippen LogP contribution is 2.37. The van der Waals surface area contributed by atoms with E-state index in [2.05, 4.69) is 54.6 Å². The second-order valence-corrected chi connectivity index (χ2v) is 7.66. The maximum Gasteiger partial charge on any atom is 0.251 e. The first-order valence-corrected chi connectivity index (χ1v) is 9.66. The number of hydrogen-bond acceptors (Lipinski definition) is 2. The number of carbonyl (C=O) groups excluding carboxylic acids is 1. The molecule has 3 nitrogen and oxygen atoms in total. The summed E-state index contributed by atoms with van der Waals surface area (Å²) in [6, 6.07) is 19.1. The van der Waals surface area contributed by atoms with Crippen molar-refractivity contribution in [2.45, 2.75) is 44.7 Å². The van der Waals surface area contributed by atoms with E-state index in [9.17, 15) is 4.79 Å². The molecule has 0 spiro atoms. The highest BCUT2D eigenvalue weighted by Gasteiger charge is 2.35. The molecule has 0 heterocycles. The molecule has 1 unspecified atom stereocenters. The molecule has 0 radical (unpaired) electrons. The van der Waals surface area contributed by atoms with Crippen molar-refractivity contribution < 1.29 is 4.79 Å². The van der Waals surface area contributed by atoms with Crippen LogP contribution in [-0.2, 0) is 0 Å². The van der Waals surface area contributed by atoms with E-state index in [0.717, 1.165) is 24.0 Å². The van der Waals surface area contributed by atoms with Gasteiger partial charge in [-0.25, -0.2) is 0 Å². The van der Waals surface area contributed by atoms with Crippen LogP contribution in [0.15, 0.2) is 54.6 Å². The molecule has 3 rings (SSSR count). The zero-order valence-electron chi connectivity index (χ0n) is 16.5. The minimum atomic E-state index is 0. The molecular weight excluding hydrogens is 356 g/mol. The van der Waals surface area contributed by atoms with Gasteiger partial charge in [-0.2, -0.15) is 0 Å². The van der Waals surface area contributed by atoms with Gasteiger partial charge in [0.25, 0.3) is 5.91 Å². The molecule has 0 bridgehead atoms. The number of amides is 1. The van der Waals surface area contributed by atoms with E-state index < -0.39 is 0 Å². The van der Waals surface area contributed by atoms with Crippen molar-refractivity contribution in [3.05, 3.63) is 71.3 Å². The molecule has 1 N–H and O–H groups in total. The Bertz CT molecular complexity index is 732. The van der Waals surface area contributed by atoms with Gasteiger partial charge in [0.1, 0.15) is 0 Å². The quantitative estimate of drug-likeness (QED) is 0.783. The molecule has 2 aromatic carbocycles. The standard InChI is InChI=1S/C23H30N2O.ClH/c1-17-11-7-8-14-19(17)23(26)24-21-16-10-9-15-20(21)22(25(2)3)18-12-5-4-6-13-18;/h4-8,11-14,20-22H,9-10,15-16H2,1-3H3,(H,24,26);1H/t20-,21-,22?;/m1./s1. The molecule has 27 heavy (non-hydrogen) atoms. The molecule has 1 aliphatic carbocycles. The molecule has 0 saturated heterocycles. The third-order valence-corrected chi connectivity index (χ3v) is 5.63. The SMILES string of the molecule is Cc1ccccc1C(=O)N[C@@H]1CCCC[C@H]1C(c1ccccc1)N(C)C.Cl. The summed E-state index contributed by atoms with van der Waals surface area (Å²) in [7, 11) is 4.29. The van der Waals surface area contributed by atoms with Gasteiger partial charge in [-0.3, -0.25) is 4.79 Å². The zero-order valence-corrected chi connectivity index (χ0v) is 17.3. The lowest BCUT2D eigenvalue weighted by Gasteiger charge is -2.41. The van der Waals surface area contributed by atoms with E-state index in [-0.39, 0.29) is 24.4 Å². The number of rotatable bonds is 5. The fourth-order valence-corrected chi connectivity index (χ4v) is 4.37. The van der Waals surface area contributed by atoms with Crippen LogP contribution in [0, 0.1) is 12.8 Å². The van der Waals surface area contributed by atoms with Crippen LogP contribution in [0.3, 0.4) is 0 Å². The fraction of sp³-hybridized carbons (Fsp3) is 0.435. The predicted molar refractivity (Wildman–Crippen MR) is 115 cm³/mol. The summed E-state index contributed by atoms with van der Waals surface area (Å²) in [4.78, 5) is 15.2. The van der Waals surface area contributed by atoms with E-state index in [0.29, 0.717) is 12.0 Å². The van der Waals surface area contributed by atoms with Crippen molar-refractivity contribution in [2.24, 2.45) is 5.92 Å². The third-order valence-electron chi connectivity index (χ3n) is 5.63. The lowest BCUT2D eigenvalue weighted by atomic mass is 9.77. The third kappa shape index (κ3) is 5.12. The molecule has 1 saturated carbocycles. The molecule has 4 heteroatoms. The predicted octanol–water partition coefficient (Wildman–Crippen LogP) is 5.01. The van der Waals surface area contributed by atoms with Crippen LogP contribution in [0.5, 0.6) is 0 Å². The monoisotopic (exact) mass is 386 g/mol. The molecule has 0 aromatic heterocycles. The van der Waals surface area contributed by atoms with Gasteiger partial charge in [0.15, 0.2) is 0 Å². The summed E-state index contributed by atoms with van der Waals surface area (Å²) in [5, 5.41) is 3.37. The summed E-state index contributed by atoms with van der Waals surface area (Å²) in [6.45, 7) is 2.00. The van der Waals surface area contributed by atoms with Crippen LogP contribution in [0.25, 0.3) is 0 Å². The van der Waals surface area contributed by atoms with Gasteiger partial charge in [0.2, 0.25) is 0 Å². The smallest absolute Gasteiger partial charge is 0.251 e. The Morgan fingerprint density at radius 2 is 1.63 bits per heavy atom. The first-order chi connectivity index (χ1) is 12.6. The van der Waals surface area contributed by atoms with E-state index >= 15 is 0 Å². The highest BCUT2D eigenvalue weighted by atomic mass is 35.5. The average Bonchev–Trinajstić information content (AvgIpc) is 2.64. The fourth-order valence-electron chi connectivity index (χ4n) is 4.37. The minimum absolute atomic E-state index is 0. The number of benzene rings is 2. The van der Waals surface area contributed by atoms with Crippen LogP contribution < -0.4 is 5.32 Å². The second-order valence-electron chi connectivity index (χ2n) is 7.66. The van der Waals surface area contributed by atoms with Gasteiger partial charge >= 0.3 is 0 Å². The maximum absolute atomic E-state index is 12.9. The molecule has 2 aromatic rings. The van der Waals surface area contributed by atoms with E-state index in [1.165, 1.54) is 18.4 Å². The Balaban J connectivity index is 0.00000261. The number of nitrogens with zero attached hydrogens (tertiary/aromatic N) is 1. The zero-order chi connectivity index (χ0) is 18.5. The first-order valence-electron chi connectivity index (χ1n) is 9.66. The Morgan fingerprint density at radius 1 is 1.00 bits per heavy atom. The maximum atomic E-state index is 12.9. The summed E-state index contributed by atoms with van der Waals surface area (Å²) in [6.07, 6.45) is 4.62. The summed E-state index contributed by atoms with van der Waals surface area (Å²) >= 11 is 0. The average molecular weight is 387 g/mol. The van der Waals surface area contributed by atoms with Crippen molar-refractivity contribution in [1.82, 2.24) is 10.2 Å². The van der Waals surface area contributed by atoms with Crippen molar-refractivity contribution in [2.75, 3.05) is 14.1 Å². The summed E-state index contributed by atoms with van der Waals surface area (Å²) < 4.78 is 0. The van der Waals surface area contributed by atoms with Crippen LogP contribution in [0.4, 0.5) is 0 Å². The van der Waals surface area contributed by atoms with Crippen LogP contribution >= 0.6 is 12.4 Å². The van der Waals surface area contributed by atoms with Gasteiger partial charge in [0, 0.05) is 17.6 Å². The second kappa shape index (κ2) is 9.91. The number of aryl methyl sites for hydroxylation is 1. The van der Waals surface area contributed by atoms with Gasteiger partial charge in [0.05, 0.1) is 0 Å². The number of hydrogen-bond donors (Lipinski definition) is 1. The largest absolute Gasteiger partial charge is 0.349 e. The van der Waals surface area contributed by atoms with Gasteiger partial charge < -0.3 is 10.2 Å². The first kappa shape index (κ1) is 21.5. The molecule has 0 aliphatic heterocycles. The molecule has 1 amide bonds. The Morgan fingerprint density at radius 3 is 2.30 bits per heavy atom. The van der Waals surface area contributed by atoms with Gasteiger partial charge in [-0.15, -0.1) is 12.4 Å². The van der Waals surface area contributed by atoms with Crippen LogP contribution in [-0.4, -0.2) is 30.9 Å². The van der Waals surface area contributed by atoms with Crippen molar-refractivity contribution in [3.63, 3.8) is 0 Å². The Hall–Kier alpha value is -1.84. The van der Waals surface area contributed by atoms with Crippen LogP contribution in [0.2, 0.25) is 0 Å². The molecular formula is C23H31ClN2O. The number of carbonyl (C=O) groups is 1. The van der Waals surface area contributed by atoms with E-state index in [1.807, 2.05) is 31.2 Å². The topological polar surface area (TPSA) is 32.3 Å². The molecule has 1 fully saturated rings. The normalized spacial score (nSPS) is 20.6. The van der Waals surface area contributed by atoms with Crippen molar-refractivity contribution in [1.29, 1.82) is 0 Å². The van der Waals surface area contributed by atoms with Crippen molar-refractivity contribution in [3.8, 4) is 0 Å².